The largest absolute Gasteiger partial charge is 0.387 e. The molecule has 234 valence electrons. The number of nitrogens with one attached hydrogen (secondary N) is 1. The van der Waals surface area contributed by atoms with E-state index in [1.165, 1.54) is 89.5 Å². The highest BCUT2D eigenvalue weighted by atomic mass is 32.2. The lowest BCUT2D eigenvalue weighted by atomic mass is 10.1. The number of hydrogen-bond donors (Lipinski definition) is 4. The van der Waals surface area contributed by atoms with E-state index in [4.69, 9.17) is 0 Å². The van der Waals surface area contributed by atoms with Gasteiger partial charge in [0.25, 0.3) is 10.1 Å². The smallest absolute Gasteiger partial charge is 0.267 e. The van der Waals surface area contributed by atoms with Gasteiger partial charge in [-0.3, -0.25) is 9.35 Å². The van der Waals surface area contributed by atoms with Crippen molar-refractivity contribution in [3.8, 4) is 0 Å². The molecule has 0 aromatic rings. The first kappa shape index (κ1) is 38.5. The molecule has 1 amide bonds. The summed E-state index contributed by atoms with van der Waals surface area (Å²) in [4.78, 5) is 12.4. The van der Waals surface area contributed by atoms with Crippen LogP contribution in [0.15, 0.2) is 36.5 Å². The highest BCUT2D eigenvalue weighted by Gasteiger charge is 2.27. The number of carbonyl (C=O) groups excluding carboxylic acids is 1. The summed E-state index contributed by atoms with van der Waals surface area (Å²) in [6.07, 6.45) is 29.4. The maximum atomic E-state index is 12.4. The van der Waals surface area contributed by atoms with Gasteiger partial charge >= 0.3 is 0 Å². The molecule has 0 saturated heterocycles. The average molecular weight is 586 g/mol. The van der Waals surface area contributed by atoms with Gasteiger partial charge in [-0.2, -0.15) is 8.42 Å². The zero-order valence-electron chi connectivity index (χ0n) is 25.3. The van der Waals surface area contributed by atoms with Gasteiger partial charge in [-0.15, -0.1) is 0 Å². The lowest BCUT2D eigenvalue weighted by Crippen LogP contribution is -2.50. The van der Waals surface area contributed by atoms with E-state index in [1.807, 2.05) is 6.08 Å². The first-order chi connectivity index (χ1) is 19.2. The normalized spacial score (nSPS) is 14.8. The summed E-state index contributed by atoms with van der Waals surface area (Å²) in [6.45, 7) is 4.43. The summed E-state index contributed by atoms with van der Waals surface area (Å²) in [5, 5.41) is 23.0. The van der Waals surface area contributed by atoms with Crippen LogP contribution in [0.2, 0.25) is 0 Å². The Bertz CT molecular complexity index is 793. The van der Waals surface area contributed by atoms with Crippen LogP contribution < -0.4 is 5.32 Å². The van der Waals surface area contributed by atoms with Crippen molar-refractivity contribution in [1.82, 2.24) is 5.32 Å². The molecule has 0 spiro atoms. The van der Waals surface area contributed by atoms with Gasteiger partial charge in [-0.05, 0) is 32.1 Å². The molecule has 0 aliphatic heterocycles. The molecule has 4 N–H and O–H groups in total. The second kappa shape index (κ2) is 26.4. The minimum atomic E-state index is -4.45. The first-order valence-electron chi connectivity index (χ1n) is 15.8. The quantitative estimate of drug-likeness (QED) is 0.0459. The van der Waals surface area contributed by atoms with E-state index in [2.05, 4.69) is 31.3 Å². The van der Waals surface area contributed by atoms with Gasteiger partial charge in [0.05, 0.1) is 17.9 Å². The molecule has 0 aliphatic carbocycles. The third-order valence-electron chi connectivity index (χ3n) is 6.93. The van der Waals surface area contributed by atoms with E-state index in [-0.39, 0.29) is 6.42 Å². The van der Waals surface area contributed by atoms with E-state index >= 15 is 0 Å². The Labute approximate surface area is 245 Å². The van der Waals surface area contributed by atoms with E-state index in [0.717, 1.165) is 25.7 Å². The van der Waals surface area contributed by atoms with E-state index in [9.17, 15) is 28.0 Å². The summed E-state index contributed by atoms with van der Waals surface area (Å²) in [6, 6.07) is -1.26. The molecule has 0 aromatic heterocycles. The van der Waals surface area contributed by atoms with Crippen LogP contribution in [0.5, 0.6) is 0 Å². The monoisotopic (exact) mass is 585 g/mol. The minimum Gasteiger partial charge on any atom is -0.387 e. The molecule has 0 radical (unpaired) electrons. The minimum absolute atomic E-state index is 0.0697. The van der Waals surface area contributed by atoms with Crippen LogP contribution in [0.1, 0.15) is 136 Å². The molecule has 0 aromatic carbocycles. The molecule has 3 unspecified atom stereocenters. The molecule has 8 heteroatoms. The maximum absolute atomic E-state index is 12.4. The van der Waals surface area contributed by atoms with Crippen molar-refractivity contribution in [3.63, 3.8) is 0 Å². The second-order valence-corrected chi connectivity index (χ2v) is 12.4. The average Bonchev–Trinajstić information content (AvgIpc) is 2.90. The van der Waals surface area contributed by atoms with Gasteiger partial charge in [0, 0.05) is 6.42 Å². The molecule has 0 fully saturated rings. The van der Waals surface area contributed by atoms with Crippen LogP contribution in [0.25, 0.3) is 0 Å². The summed E-state index contributed by atoms with van der Waals surface area (Å²) in [5.74, 6) is -1.63. The van der Waals surface area contributed by atoms with Crippen molar-refractivity contribution in [3.05, 3.63) is 36.5 Å². The zero-order valence-corrected chi connectivity index (χ0v) is 26.1. The molecule has 0 heterocycles. The molecule has 0 bridgehead atoms. The van der Waals surface area contributed by atoms with Crippen LogP contribution in [0.3, 0.4) is 0 Å². The maximum Gasteiger partial charge on any atom is 0.267 e. The van der Waals surface area contributed by atoms with Crippen LogP contribution in [-0.2, 0) is 14.9 Å². The van der Waals surface area contributed by atoms with Gasteiger partial charge in [0.15, 0.2) is 0 Å². The van der Waals surface area contributed by atoms with Crippen molar-refractivity contribution in [2.24, 2.45) is 0 Å². The van der Waals surface area contributed by atoms with E-state index in [1.54, 1.807) is 12.2 Å². The van der Waals surface area contributed by atoms with Crippen molar-refractivity contribution in [2.75, 3.05) is 5.75 Å². The van der Waals surface area contributed by atoms with Crippen LogP contribution in [0, 0.1) is 0 Å². The first-order valence-corrected chi connectivity index (χ1v) is 17.4. The Morgan fingerprint density at radius 2 is 1.18 bits per heavy atom. The zero-order chi connectivity index (χ0) is 29.9. The molecule has 0 aliphatic rings. The van der Waals surface area contributed by atoms with E-state index in [0.29, 0.717) is 6.42 Å². The third-order valence-corrected chi connectivity index (χ3v) is 7.71. The van der Waals surface area contributed by atoms with Crippen LogP contribution in [-0.4, -0.2) is 53.1 Å². The lowest BCUT2D eigenvalue weighted by Gasteiger charge is -2.22. The Morgan fingerprint density at radius 3 is 1.70 bits per heavy atom. The highest BCUT2D eigenvalue weighted by Crippen LogP contribution is 2.11. The number of amides is 1. The fraction of sp³-hybridized carbons (Fsp3) is 0.781. The van der Waals surface area contributed by atoms with Gasteiger partial charge in [-0.1, -0.05) is 134 Å². The van der Waals surface area contributed by atoms with Crippen LogP contribution in [0.4, 0.5) is 0 Å². The van der Waals surface area contributed by atoms with Crippen molar-refractivity contribution in [1.29, 1.82) is 0 Å². The fourth-order valence-electron chi connectivity index (χ4n) is 4.44. The predicted octanol–water partition coefficient (Wildman–Crippen LogP) is 7.20. The number of allylic oxidation sites excluding steroid dienone is 4. The molecule has 7 nitrogen and oxygen atoms in total. The van der Waals surface area contributed by atoms with E-state index < -0.39 is 40.0 Å². The number of hydrogen-bond acceptors (Lipinski definition) is 5. The summed E-state index contributed by atoms with van der Waals surface area (Å²) >= 11 is 0. The Kier molecular flexibility index (Phi) is 25.4. The van der Waals surface area contributed by atoms with Crippen molar-refractivity contribution >= 4 is 16.0 Å². The van der Waals surface area contributed by atoms with Crippen molar-refractivity contribution in [2.45, 2.75) is 154 Å². The van der Waals surface area contributed by atoms with Gasteiger partial charge in [-0.25, -0.2) is 0 Å². The number of aliphatic hydroxyl groups is 2. The molecule has 0 saturated carbocycles. The Balaban J connectivity index is 4.36. The molecule has 40 heavy (non-hydrogen) atoms. The van der Waals surface area contributed by atoms with Crippen LogP contribution >= 0.6 is 0 Å². The second-order valence-electron chi connectivity index (χ2n) is 10.9. The molecule has 0 rings (SSSR count). The van der Waals surface area contributed by atoms with Gasteiger partial charge in [0.1, 0.15) is 6.10 Å². The predicted molar refractivity (Wildman–Crippen MR) is 167 cm³/mol. The fourth-order valence-corrected chi connectivity index (χ4v) is 5.17. The summed E-state index contributed by atoms with van der Waals surface area (Å²) < 4.78 is 32.2. The van der Waals surface area contributed by atoms with Gasteiger partial charge in [0.2, 0.25) is 5.91 Å². The SMILES string of the molecule is CCCCCCCC/C=C\C/C=C\CC(O)C(=O)NC(CS(=O)(=O)O)C(O)/C=C/CCCCCCCCCCC. The number of aliphatic hydroxyl groups excluding tert-OH is 2. The van der Waals surface area contributed by atoms with Crippen molar-refractivity contribution < 1.29 is 28.0 Å². The Hall–Kier alpha value is -1.48. The number of unbranched alkanes of at least 4 members (excludes halogenated alkanes) is 15. The van der Waals surface area contributed by atoms with Gasteiger partial charge < -0.3 is 15.5 Å². The summed E-state index contributed by atoms with van der Waals surface area (Å²) in [7, 11) is -4.45. The lowest BCUT2D eigenvalue weighted by molar-refractivity contribution is -0.130. The number of rotatable bonds is 27. The third kappa shape index (κ3) is 25.5. The summed E-state index contributed by atoms with van der Waals surface area (Å²) in [5.41, 5.74) is 0. The number of carbonyl (C=O) groups is 1. The molecular weight excluding hydrogens is 526 g/mol. The standard InChI is InChI=1S/C32H59NO6S/c1-3-5-7-9-11-13-15-17-19-21-23-25-27-31(35)32(36)33-29(28-40(37,38)39)30(34)26-24-22-20-18-16-14-12-10-8-6-4-2/h17,19,23-26,29-31,34-35H,3-16,18,20-22,27-28H2,1-2H3,(H,33,36)(H,37,38,39)/b19-17-,25-23-,26-24+. The molecular formula is C32H59NO6S. The highest BCUT2D eigenvalue weighted by molar-refractivity contribution is 7.85. The molecule has 3 atom stereocenters. The topological polar surface area (TPSA) is 124 Å². The Morgan fingerprint density at radius 1 is 0.700 bits per heavy atom.